The molecule has 0 unspecified atom stereocenters. The maximum absolute atomic E-state index is 11.0. The summed E-state index contributed by atoms with van der Waals surface area (Å²) in [6.07, 6.45) is 1.70. The minimum absolute atomic E-state index is 0.178. The molecule has 94 valence electrons. The second kappa shape index (κ2) is 4.74. The standard InChI is InChI=1S/C11H14N6O/c1-17-7(4-5-15-17)6-14-11-8(12)2-3-9(16-11)10(13)18/h2-5H,6,12H2,1H3,(H2,13,18)(H,14,16). The van der Waals surface area contributed by atoms with E-state index in [9.17, 15) is 4.79 Å². The number of rotatable bonds is 4. The Kier molecular flexibility index (Phi) is 3.13. The number of nitrogens with two attached hydrogens (primary N) is 2. The quantitative estimate of drug-likeness (QED) is 0.708. The number of pyridine rings is 1. The van der Waals surface area contributed by atoms with Crippen LogP contribution in [-0.4, -0.2) is 20.7 Å². The van der Waals surface area contributed by atoms with E-state index in [1.54, 1.807) is 16.9 Å². The van der Waals surface area contributed by atoms with Crippen LogP contribution in [0.25, 0.3) is 0 Å². The topological polar surface area (TPSA) is 112 Å². The molecule has 0 spiro atoms. The Labute approximate surface area is 104 Å². The molecule has 0 aromatic carbocycles. The molecule has 0 aliphatic heterocycles. The molecule has 1 amide bonds. The van der Waals surface area contributed by atoms with Crippen molar-refractivity contribution in [2.75, 3.05) is 11.1 Å². The molecule has 7 heteroatoms. The van der Waals surface area contributed by atoms with E-state index in [2.05, 4.69) is 15.4 Å². The lowest BCUT2D eigenvalue weighted by molar-refractivity contribution is 0.0996. The Balaban J connectivity index is 2.16. The molecule has 2 aromatic rings. The number of carbonyl (C=O) groups is 1. The summed E-state index contributed by atoms with van der Waals surface area (Å²) in [6, 6.07) is 4.96. The highest BCUT2D eigenvalue weighted by molar-refractivity contribution is 5.91. The second-order valence-corrected chi connectivity index (χ2v) is 3.80. The first-order valence-electron chi connectivity index (χ1n) is 5.35. The second-order valence-electron chi connectivity index (χ2n) is 3.80. The highest BCUT2D eigenvalue weighted by atomic mass is 16.1. The zero-order valence-corrected chi connectivity index (χ0v) is 9.92. The third kappa shape index (κ3) is 2.40. The van der Waals surface area contributed by atoms with E-state index in [1.165, 1.54) is 6.07 Å². The number of anilines is 2. The van der Waals surface area contributed by atoms with Crippen molar-refractivity contribution >= 4 is 17.4 Å². The molecule has 0 aliphatic rings. The molecule has 0 atom stereocenters. The number of nitrogens with zero attached hydrogens (tertiary/aromatic N) is 3. The number of aromatic nitrogens is 3. The zero-order valence-electron chi connectivity index (χ0n) is 9.92. The fraction of sp³-hybridized carbons (Fsp3) is 0.182. The summed E-state index contributed by atoms with van der Waals surface area (Å²) in [4.78, 5) is 15.1. The molecule has 0 bridgehead atoms. The summed E-state index contributed by atoms with van der Waals surface area (Å²) in [7, 11) is 1.84. The van der Waals surface area contributed by atoms with Crippen LogP contribution in [-0.2, 0) is 13.6 Å². The van der Waals surface area contributed by atoms with Crippen molar-refractivity contribution in [1.82, 2.24) is 14.8 Å². The maximum Gasteiger partial charge on any atom is 0.267 e. The Hall–Kier alpha value is -2.57. The summed E-state index contributed by atoms with van der Waals surface area (Å²) in [6.45, 7) is 0.510. The van der Waals surface area contributed by atoms with Crippen molar-refractivity contribution in [3.63, 3.8) is 0 Å². The molecule has 0 saturated heterocycles. The van der Waals surface area contributed by atoms with Gasteiger partial charge in [0.05, 0.1) is 17.9 Å². The van der Waals surface area contributed by atoms with E-state index in [0.29, 0.717) is 18.1 Å². The van der Waals surface area contributed by atoms with Crippen LogP contribution in [0.5, 0.6) is 0 Å². The van der Waals surface area contributed by atoms with Gasteiger partial charge in [-0.1, -0.05) is 0 Å². The van der Waals surface area contributed by atoms with Crippen molar-refractivity contribution < 1.29 is 4.79 Å². The number of hydrogen-bond acceptors (Lipinski definition) is 5. The van der Waals surface area contributed by atoms with Gasteiger partial charge in [-0.2, -0.15) is 5.10 Å². The molecule has 0 saturated carbocycles. The summed E-state index contributed by atoms with van der Waals surface area (Å²) in [5.74, 6) is -0.147. The molecular formula is C11H14N6O. The van der Waals surface area contributed by atoms with Gasteiger partial charge in [-0.15, -0.1) is 0 Å². The van der Waals surface area contributed by atoms with Gasteiger partial charge in [0.1, 0.15) is 11.5 Å². The van der Waals surface area contributed by atoms with Crippen molar-refractivity contribution in [3.05, 3.63) is 35.8 Å². The predicted octanol–water partition coefficient (Wildman–Crippen LogP) is 0.108. The number of amides is 1. The third-order valence-corrected chi connectivity index (χ3v) is 2.54. The van der Waals surface area contributed by atoms with E-state index in [4.69, 9.17) is 11.5 Å². The van der Waals surface area contributed by atoms with Gasteiger partial charge >= 0.3 is 0 Å². The van der Waals surface area contributed by atoms with Crippen molar-refractivity contribution in [3.8, 4) is 0 Å². The van der Waals surface area contributed by atoms with Crippen LogP contribution in [0.1, 0.15) is 16.2 Å². The van der Waals surface area contributed by atoms with E-state index in [1.807, 2.05) is 13.1 Å². The van der Waals surface area contributed by atoms with Gasteiger partial charge in [0.25, 0.3) is 5.91 Å². The molecule has 0 fully saturated rings. The summed E-state index contributed by atoms with van der Waals surface area (Å²) >= 11 is 0. The van der Waals surface area contributed by atoms with Crippen molar-refractivity contribution in [2.45, 2.75) is 6.54 Å². The van der Waals surface area contributed by atoms with Gasteiger partial charge in [-0.3, -0.25) is 9.48 Å². The van der Waals surface area contributed by atoms with Gasteiger partial charge in [-0.25, -0.2) is 4.98 Å². The summed E-state index contributed by atoms with van der Waals surface area (Å²) in [5.41, 5.74) is 12.5. The molecule has 2 heterocycles. The Morgan fingerprint density at radius 1 is 1.44 bits per heavy atom. The number of hydrogen-bond donors (Lipinski definition) is 3. The predicted molar refractivity (Wildman–Crippen MR) is 67.7 cm³/mol. The normalized spacial score (nSPS) is 10.3. The number of nitrogen functional groups attached to an aromatic ring is 1. The van der Waals surface area contributed by atoms with Gasteiger partial charge in [0, 0.05) is 13.2 Å². The van der Waals surface area contributed by atoms with Crippen LogP contribution in [0.4, 0.5) is 11.5 Å². The Morgan fingerprint density at radius 2 is 2.22 bits per heavy atom. The summed E-state index contributed by atoms with van der Waals surface area (Å²) in [5, 5.41) is 7.09. The molecule has 2 rings (SSSR count). The first kappa shape index (κ1) is 11.9. The average Bonchev–Trinajstić information content (AvgIpc) is 2.73. The Bertz CT molecular complexity index is 577. The fourth-order valence-electron chi connectivity index (χ4n) is 1.50. The van der Waals surface area contributed by atoms with E-state index >= 15 is 0 Å². The van der Waals surface area contributed by atoms with Gasteiger partial charge in [0.15, 0.2) is 0 Å². The minimum Gasteiger partial charge on any atom is -0.396 e. The van der Waals surface area contributed by atoms with Crippen molar-refractivity contribution in [2.24, 2.45) is 12.8 Å². The van der Waals surface area contributed by atoms with Crippen molar-refractivity contribution in [1.29, 1.82) is 0 Å². The van der Waals surface area contributed by atoms with Crippen LogP contribution in [0.15, 0.2) is 24.4 Å². The molecule has 0 radical (unpaired) electrons. The van der Waals surface area contributed by atoms with Crippen LogP contribution < -0.4 is 16.8 Å². The number of nitrogens with one attached hydrogen (secondary N) is 1. The number of primary amides is 1. The maximum atomic E-state index is 11.0. The molecular weight excluding hydrogens is 232 g/mol. The third-order valence-electron chi connectivity index (χ3n) is 2.54. The summed E-state index contributed by atoms with van der Waals surface area (Å²) < 4.78 is 1.74. The monoisotopic (exact) mass is 246 g/mol. The number of carbonyl (C=O) groups excluding carboxylic acids is 1. The Morgan fingerprint density at radius 3 is 2.83 bits per heavy atom. The lowest BCUT2D eigenvalue weighted by atomic mass is 10.3. The molecule has 0 aliphatic carbocycles. The molecule has 5 N–H and O–H groups in total. The highest BCUT2D eigenvalue weighted by Crippen LogP contribution is 2.16. The molecule has 7 nitrogen and oxygen atoms in total. The first-order valence-corrected chi connectivity index (χ1v) is 5.35. The average molecular weight is 246 g/mol. The first-order chi connectivity index (χ1) is 8.58. The van der Waals surface area contributed by atoms with E-state index < -0.39 is 5.91 Å². The SMILES string of the molecule is Cn1nccc1CNc1nc(C(N)=O)ccc1N. The van der Waals surface area contributed by atoms with Crippen LogP contribution in [0.2, 0.25) is 0 Å². The smallest absolute Gasteiger partial charge is 0.267 e. The fourth-order valence-corrected chi connectivity index (χ4v) is 1.50. The van der Waals surface area contributed by atoms with Gasteiger partial charge in [-0.05, 0) is 18.2 Å². The minimum atomic E-state index is -0.585. The van der Waals surface area contributed by atoms with Crippen LogP contribution in [0.3, 0.4) is 0 Å². The lowest BCUT2D eigenvalue weighted by Gasteiger charge is -2.09. The lowest BCUT2D eigenvalue weighted by Crippen LogP contribution is -2.15. The van der Waals surface area contributed by atoms with E-state index in [-0.39, 0.29) is 5.69 Å². The van der Waals surface area contributed by atoms with Gasteiger partial charge < -0.3 is 16.8 Å². The van der Waals surface area contributed by atoms with E-state index in [0.717, 1.165) is 5.69 Å². The molecule has 18 heavy (non-hydrogen) atoms. The van der Waals surface area contributed by atoms with Gasteiger partial charge in [0.2, 0.25) is 0 Å². The van der Waals surface area contributed by atoms with Crippen LogP contribution in [0, 0.1) is 0 Å². The number of aryl methyl sites for hydroxylation is 1. The van der Waals surface area contributed by atoms with Crippen LogP contribution >= 0.6 is 0 Å². The zero-order chi connectivity index (χ0) is 13.1. The highest BCUT2D eigenvalue weighted by Gasteiger charge is 2.07. The largest absolute Gasteiger partial charge is 0.396 e. The molecule has 2 aromatic heterocycles.